The molecule has 8 nitrogen and oxygen atoms in total. The number of carbonyl (C=O) groups is 2. The predicted octanol–water partition coefficient (Wildman–Crippen LogP) is 4.49. The van der Waals surface area contributed by atoms with Crippen LogP contribution in [0.25, 0.3) is 10.9 Å². The number of aliphatic hydroxyl groups excluding tert-OH is 1. The van der Waals surface area contributed by atoms with Crippen LogP contribution < -0.4 is 10.6 Å². The Morgan fingerprint density at radius 3 is 2.65 bits per heavy atom. The van der Waals surface area contributed by atoms with Crippen LogP contribution in [0.4, 0.5) is 0 Å². The largest absolute Gasteiger partial charge is 0.396 e. The van der Waals surface area contributed by atoms with Gasteiger partial charge in [0, 0.05) is 35.4 Å². The van der Waals surface area contributed by atoms with Crippen LogP contribution in [0.5, 0.6) is 0 Å². The summed E-state index contributed by atoms with van der Waals surface area (Å²) in [7, 11) is 0. The van der Waals surface area contributed by atoms with Crippen LogP contribution in [0.1, 0.15) is 80.9 Å². The summed E-state index contributed by atoms with van der Waals surface area (Å²) in [5.74, 6) is 0.372. The van der Waals surface area contributed by atoms with Crippen molar-refractivity contribution in [1.29, 1.82) is 0 Å². The molecule has 3 aromatic rings. The number of nitrogens with one attached hydrogen (secondary N) is 4. The summed E-state index contributed by atoms with van der Waals surface area (Å²) in [6.45, 7) is 2.19. The molecule has 2 heterocycles. The van der Waals surface area contributed by atoms with Crippen LogP contribution in [0.3, 0.4) is 0 Å². The highest BCUT2D eigenvalue weighted by Gasteiger charge is 2.27. The van der Waals surface area contributed by atoms with Gasteiger partial charge in [0.25, 0.3) is 5.91 Å². The van der Waals surface area contributed by atoms with Crippen LogP contribution in [-0.4, -0.2) is 50.6 Å². The quantitative estimate of drug-likeness (QED) is 0.234. The molecule has 1 aliphatic carbocycles. The molecule has 0 unspecified atom stereocenters. The summed E-state index contributed by atoms with van der Waals surface area (Å²) in [6.07, 6.45) is 13.3. The Hall–Kier alpha value is -3.13. The van der Waals surface area contributed by atoms with E-state index in [1.807, 2.05) is 37.3 Å². The number of aryl methyl sites for hydroxylation is 1. The number of para-hydroxylation sites is 1. The van der Waals surface area contributed by atoms with Gasteiger partial charge in [-0.3, -0.25) is 9.59 Å². The summed E-state index contributed by atoms with van der Waals surface area (Å²) in [5, 5.41) is 16.7. The number of rotatable bonds is 13. The third-order valence-electron chi connectivity index (χ3n) is 7.66. The number of fused-ring (bicyclic) bond motifs is 1. The van der Waals surface area contributed by atoms with Crippen LogP contribution in [-0.2, 0) is 11.2 Å². The molecule has 2 aromatic heterocycles. The number of aliphatic hydroxyl groups is 1. The third-order valence-corrected chi connectivity index (χ3v) is 7.66. The minimum atomic E-state index is -0.675. The van der Waals surface area contributed by atoms with Crippen LogP contribution >= 0.6 is 0 Å². The van der Waals surface area contributed by atoms with Gasteiger partial charge in [0.2, 0.25) is 5.91 Å². The van der Waals surface area contributed by atoms with Gasteiger partial charge in [-0.05, 0) is 56.1 Å². The molecule has 5 N–H and O–H groups in total. The summed E-state index contributed by atoms with van der Waals surface area (Å²) < 4.78 is 0. The Kier molecular flexibility index (Phi) is 9.77. The maximum Gasteiger partial charge on any atom is 0.268 e. The first-order valence-corrected chi connectivity index (χ1v) is 13.8. The van der Waals surface area contributed by atoms with E-state index in [4.69, 9.17) is 0 Å². The van der Waals surface area contributed by atoms with Crippen molar-refractivity contribution in [2.75, 3.05) is 6.61 Å². The lowest BCUT2D eigenvalue weighted by atomic mass is 9.83. The van der Waals surface area contributed by atoms with E-state index in [1.165, 1.54) is 32.1 Å². The number of aromatic nitrogens is 3. The molecule has 0 saturated heterocycles. The van der Waals surface area contributed by atoms with Gasteiger partial charge in [-0.25, -0.2) is 4.98 Å². The van der Waals surface area contributed by atoms with Crippen molar-refractivity contribution < 1.29 is 14.7 Å². The van der Waals surface area contributed by atoms with Crippen LogP contribution in [0.15, 0.2) is 42.9 Å². The lowest BCUT2D eigenvalue weighted by molar-refractivity contribution is -0.124. The second kappa shape index (κ2) is 13.4. The average molecular weight is 508 g/mol. The van der Waals surface area contributed by atoms with Crippen molar-refractivity contribution in [2.45, 2.75) is 83.2 Å². The fourth-order valence-electron chi connectivity index (χ4n) is 5.37. The van der Waals surface area contributed by atoms with E-state index in [-0.39, 0.29) is 30.4 Å². The van der Waals surface area contributed by atoms with Crippen molar-refractivity contribution >= 4 is 22.7 Å². The monoisotopic (exact) mass is 507 g/mol. The van der Waals surface area contributed by atoms with Gasteiger partial charge < -0.3 is 25.7 Å². The number of aromatic amines is 2. The lowest BCUT2D eigenvalue weighted by Crippen LogP contribution is -2.50. The van der Waals surface area contributed by atoms with Crippen LogP contribution in [0, 0.1) is 11.8 Å². The summed E-state index contributed by atoms with van der Waals surface area (Å²) >= 11 is 0. The number of hydrogen-bond donors (Lipinski definition) is 5. The molecule has 4 rings (SSSR count). The molecule has 1 fully saturated rings. The minimum absolute atomic E-state index is 0.0317. The first-order valence-electron chi connectivity index (χ1n) is 13.8. The third kappa shape index (κ3) is 7.92. The van der Waals surface area contributed by atoms with E-state index in [9.17, 15) is 14.7 Å². The van der Waals surface area contributed by atoms with E-state index in [2.05, 4.69) is 25.6 Å². The van der Waals surface area contributed by atoms with Gasteiger partial charge in [0.15, 0.2) is 0 Å². The van der Waals surface area contributed by atoms with E-state index in [0.717, 1.165) is 35.9 Å². The molecule has 3 atom stereocenters. The SMILES string of the molecule is C[C@@H](CO)CC[C@H](CC1CCCCC1)NC(=O)[C@H](CCc1cnc[nH]1)NC(=O)c1cc2ccccc2[nH]1. The number of nitrogens with zero attached hydrogens (tertiary/aromatic N) is 1. The zero-order chi connectivity index (χ0) is 26.0. The van der Waals surface area contributed by atoms with Gasteiger partial charge in [-0.15, -0.1) is 0 Å². The normalized spacial score (nSPS) is 16.8. The van der Waals surface area contributed by atoms with E-state index >= 15 is 0 Å². The Balaban J connectivity index is 1.45. The second-order valence-corrected chi connectivity index (χ2v) is 10.7. The van der Waals surface area contributed by atoms with Gasteiger partial charge in [-0.2, -0.15) is 0 Å². The van der Waals surface area contributed by atoms with Crippen molar-refractivity contribution in [3.63, 3.8) is 0 Å². The van der Waals surface area contributed by atoms with Crippen molar-refractivity contribution in [1.82, 2.24) is 25.6 Å². The molecular weight excluding hydrogens is 466 g/mol. The Labute approximate surface area is 219 Å². The molecule has 1 aliphatic rings. The number of carbonyl (C=O) groups excluding carboxylic acids is 2. The zero-order valence-electron chi connectivity index (χ0n) is 21.8. The molecule has 0 radical (unpaired) electrons. The molecule has 1 aromatic carbocycles. The van der Waals surface area contributed by atoms with Crippen molar-refractivity contribution in [3.05, 3.63) is 54.2 Å². The first-order chi connectivity index (χ1) is 18.0. The first kappa shape index (κ1) is 26.9. The smallest absolute Gasteiger partial charge is 0.268 e. The standard InChI is InChI=1S/C29H41N5O3/c1-20(18-35)11-12-23(15-21-7-3-2-4-8-21)32-28(36)26(14-13-24-17-30-19-31-24)34-29(37)27-16-22-9-5-6-10-25(22)33-27/h5-6,9-10,16-17,19-21,23,26,33,35H,2-4,7-8,11-15,18H2,1H3,(H,30,31)(H,32,36)(H,34,37)/t20-,23-,26+/m1/s1. The van der Waals surface area contributed by atoms with Gasteiger partial charge in [-0.1, -0.05) is 57.2 Å². The molecule has 0 aliphatic heterocycles. The molecule has 37 heavy (non-hydrogen) atoms. The maximum atomic E-state index is 13.6. The van der Waals surface area contributed by atoms with E-state index in [1.54, 1.807) is 12.5 Å². The average Bonchev–Trinajstić information content (AvgIpc) is 3.60. The highest BCUT2D eigenvalue weighted by atomic mass is 16.3. The Morgan fingerprint density at radius 2 is 1.92 bits per heavy atom. The molecule has 0 bridgehead atoms. The van der Waals surface area contributed by atoms with Crippen molar-refractivity contribution in [3.8, 4) is 0 Å². The van der Waals surface area contributed by atoms with Gasteiger partial charge in [0.1, 0.15) is 11.7 Å². The Bertz CT molecular complexity index is 1090. The Morgan fingerprint density at radius 1 is 1.11 bits per heavy atom. The summed E-state index contributed by atoms with van der Waals surface area (Å²) in [4.78, 5) is 37.1. The number of amides is 2. The highest BCUT2D eigenvalue weighted by Crippen LogP contribution is 2.28. The van der Waals surface area contributed by atoms with Crippen molar-refractivity contribution in [2.24, 2.45) is 11.8 Å². The molecule has 2 amide bonds. The highest BCUT2D eigenvalue weighted by molar-refractivity contribution is 6.00. The number of benzene rings is 1. The zero-order valence-corrected chi connectivity index (χ0v) is 21.8. The molecule has 8 heteroatoms. The number of hydrogen-bond acceptors (Lipinski definition) is 4. The molecular formula is C29H41N5O3. The van der Waals surface area contributed by atoms with E-state index < -0.39 is 6.04 Å². The van der Waals surface area contributed by atoms with Gasteiger partial charge >= 0.3 is 0 Å². The number of H-pyrrole nitrogens is 2. The second-order valence-electron chi connectivity index (χ2n) is 10.7. The van der Waals surface area contributed by atoms with Gasteiger partial charge in [0.05, 0.1) is 6.33 Å². The minimum Gasteiger partial charge on any atom is -0.396 e. The predicted molar refractivity (Wildman–Crippen MR) is 145 cm³/mol. The molecule has 1 saturated carbocycles. The molecule has 200 valence electrons. The lowest BCUT2D eigenvalue weighted by Gasteiger charge is -2.29. The molecule has 0 spiro atoms. The summed E-state index contributed by atoms with van der Waals surface area (Å²) in [6, 6.07) is 8.91. The maximum absolute atomic E-state index is 13.6. The number of imidazole rings is 1. The topological polar surface area (TPSA) is 123 Å². The fourth-order valence-corrected chi connectivity index (χ4v) is 5.37. The summed E-state index contributed by atoms with van der Waals surface area (Å²) in [5.41, 5.74) is 2.25. The van der Waals surface area contributed by atoms with E-state index in [0.29, 0.717) is 24.5 Å². The fraction of sp³-hybridized carbons (Fsp3) is 0.552. The van der Waals surface area contributed by atoms with Crippen LogP contribution in [0.2, 0.25) is 0 Å².